The van der Waals surface area contributed by atoms with Gasteiger partial charge in [0.1, 0.15) is 0 Å². The molecule has 0 saturated heterocycles. The summed E-state index contributed by atoms with van der Waals surface area (Å²) in [5.74, 6) is 0. The summed E-state index contributed by atoms with van der Waals surface area (Å²) in [6.07, 6.45) is 0. The van der Waals surface area contributed by atoms with E-state index in [1.54, 1.807) is 0 Å². The van der Waals surface area contributed by atoms with E-state index in [2.05, 4.69) is 170 Å². The van der Waals surface area contributed by atoms with Crippen molar-refractivity contribution in [2.45, 2.75) is 0 Å². The SMILES string of the molecule is c1ccc(-c2c3ccccc3c(-c3cccc(-c4cc5ccccc5c5c4sc4cc6ccccc6cc45)c3)c3ccccc23)cc1. The molecule has 0 atom stereocenters. The first kappa shape index (κ1) is 26.5. The molecule has 0 aliphatic rings. The number of hydrogen-bond donors (Lipinski definition) is 0. The van der Waals surface area contributed by atoms with E-state index < -0.39 is 0 Å². The highest BCUT2D eigenvalue weighted by molar-refractivity contribution is 7.26. The average Bonchev–Trinajstić information content (AvgIpc) is 3.51. The summed E-state index contributed by atoms with van der Waals surface area (Å²) < 4.78 is 2.68. The lowest BCUT2D eigenvalue weighted by molar-refractivity contribution is 1.64. The van der Waals surface area contributed by atoms with Crippen LogP contribution in [0, 0.1) is 0 Å². The van der Waals surface area contributed by atoms with Crippen molar-refractivity contribution in [2.75, 3.05) is 0 Å². The monoisotopic (exact) mass is 612 g/mol. The second-order valence-corrected chi connectivity index (χ2v) is 13.5. The molecule has 0 nitrogen and oxygen atoms in total. The van der Waals surface area contributed by atoms with Crippen molar-refractivity contribution in [3.63, 3.8) is 0 Å². The van der Waals surface area contributed by atoms with E-state index in [9.17, 15) is 0 Å². The zero-order valence-electron chi connectivity index (χ0n) is 25.6. The van der Waals surface area contributed by atoms with Crippen LogP contribution in [0.4, 0.5) is 0 Å². The molecule has 10 rings (SSSR count). The van der Waals surface area contributed by atoms with Crippen molar-refractivity contribution < 1.29 is 0 Å². The van der Waals surface area contributed by atoms with Crippen LogP contribution in [0.5, 0.6) is 0 Å². The van der Waals surface area contributed by atoms with Crippen LogP contribution >= 0.6 is 11.3 Å². The van der Waals surface area contributed by atoms with Crippen molar-refractivity contribution >= 4 is 74.6 Å². The molecular formula is C46H28S. The van der Waals surface area contributed by atoms with Gasteiger partial charge in [0.25, 0.3) is 0 Å². The molecule has 47 heavy (non-hydrogen) atoms. The van der Waals surface area contributed by atoms with E-state index in [1.165, 1.54) is 96.6 Å². The quantitative estimate of drug-likeness (QED) is 0.174. The first-order valence-electron chi connectivity index (χ1n) is 16.2. The highest BCUT2D eigenvalue weighted by Gasteiger charge is 2.19. The Morgan fingerprint density at radius 3 is 1.51 bits per heavy atom. The van der Waals surface area contributed by atoms with Gasteiger partial charge in [0, 0.05) is 25.7 Å². The molecule has 0 aliphatic carbocycles. The first-order chi connectivity index (χ1) is 23.3. The predicted molar refractivity (Wildman–Crippen MR) is 206 cm³/mol. The van der Waals surface area contributed by atoms with Crippen LogP contribution in [0.25, 0.3) is 96.6 Å². The summed E-state index contributed by atoms with van der Waals surface area (Å²) in [6.45, 7) is 0. The second kappa shape index (κ2) is 10.4. The van der Waals surface area contributed by atoms with Gasteiger partial charge in [0.2, 0.25) is 0 Å². The molecular weight excluding hydrogens is 585 g/mol. The molecule has 9 aromatic carbocycles. The Hall–Kier alpha value is -5.76. The normalized spacial score (nSPS) is 11.8. The van der Waals surface area contributed by atoms with Crippen molar-refractivity contribution in [3.8, 4) is 33.4 Å². The third kappa shape index (κ3) is 4.07. The van der Waals surface area contributed by atoms with Gasteiger partial charge in [-0.3, -0.25) is 0 Å². The zero-order valence-corrected chi connectivity index (χ0v) is 26.4. The summed E-state index contributed by atoms with van der Waals surface area (Å²) in [4.78, 5) is 0. The molecule has 0 N–H and O–H groups in total. The predicted octanol–water partition coefficient (Wildman–Crippen LogP) is 13.7. The maximum absolute atomic E-state index is 2.42. The third-order valence-electron chi connectivity index (χ3n) is 9.79. The number of benzene rings is 9. The molecule has 0 radical (unpaired) electrons. The topological polar surface area (TPSA) is 0 Å². The van der Waals surface area contributed by atoms with Crippen LogP contribution in [0.2, 0.25) is 0 Å². The second-order valence-electron chi connectivity index (χ2n) is 12.4. The molecule has 10 aromatic rings. The van der Waals surface area contributed by atoms with Crippen LogP contribution < -0.4 is 0 Å². The van der Waals surface area contributed by atoms with Crippen LogP contribution in [0.15, 0.2) is 170 Å². The molecule has 0 spiro atoms. The van der Waals surface area contributed by atoms with Gasteiger partial charge < -0.3 is 0 Å². The third-order valence-corrected chi connectivity index (χ3v) is 11.0. The Balaban J connectivity index is 1.27. The lowest BCUT2D eigenvalue weighted by Gasteiger charge is -2.18. The Kier molecular flexibility index (Phi) is 5.85. The van der Waals surface area contributed by atoms with Gasteiger partial charge in [-0.25, -0.2) is 0 Å². The Morgan fingerprint density at radius 1 is 0.319 bits per heavy atom. The Bertz CT molecular complexity index is 2780. The molecule has 1 aromatic heterocycles. The molecule has 0 fully saturated rings. The van der Waals surface area contributed by atoms with Crippen LogP contribution in [-0.2, 0) is 0 Å². The lowest BCUT2D eigenvalue weighted by Crippen LogP contribution is -1.91. The highest BCUT2D eigenvalue weighted by atomic mass is 32.1. The number of fused-ring (bicyclic) bond motifs is 8. The first-order valence-corrected chi connectivity index (χ1v) is 17.0. The maximum atomic E-state index is 2.42. The van der Waals surface area contributed by atoms with E-state index in [1.807, 2.05) is 11.3 Å². The molecule has 0 amide bonds. The van der Waals surface area contributed by atoms with E-state index in [0.29, 0.717) is 0 Å². The van der Waals surface area contributed by atoms with Gasteiger partial charge in [0.15, 0.2) is 0 Å². The van der Waals surface area contributed by atoms with Gasteiger partial charge >= 0.3 is 0 Å². The Labute approximate surface area is 276 Å². The summed E-state index contributed by atoms with van der Waals surface area (Å²) in [6, 6.07) is 62.6. The van der Waals surface area contributed by atoms with E-state index in [0.717, 1.165) is 0 Å². The van der Waals surface area contributed by atoms with E-state index in [4.69, 9.17) is 0 Å². The fourth-order valence-electron chi connectivity index (χ4n) is 7.72. The zero-order chi connectivity index (χ0) is 30.9. The van der Waals surface area contributed by atoms with Crippen LogP contribution in [0.1, 0.15) is 0 Å². The van der Waals surface area contributed by atoms with E-state index in [-0.39, 0.29) is 0 Å². The fourth-order valence-corrected chi connectivity index (χ4v) is 9.01. The standard InChI is InChI=1S/C46H28S/c1-2-13-29(14-3-1)43-36-21-8-10-23-38(36)44(39-24-11-9-22-37(39)43)34-19-12-18-32(25-34)40-27-33-17-6-7-20-35(33)45-41-26-30-15-4-5-16-31(30)28-42(41)47-46(40)45/h1-28H. The molecule has 0 unspecified atom stereocenters. The van der Waals surface area contributed by atoms with Gasteiger partial charge in [-0.05, 0) is 95.2 Å². The van der Waals surface area contributed by atoms with Crippen LogP contribution in [0.3, 0.4) is 0 Å². The molecule has 0 aliphatic heterocycles. The molecule has 1 heterocycles. The summed E-state index contributed by atoms with van der Waals surface area (Å²) in [7, 11) is 0. The van der Waals surface area contributed by atoms with Crippen molar-refractivity contribution in [1.82, 2.24) is 0 Å². The molecule has 0 bridgehead atoms. The number of rotatable bonds is 3. The maximum Gasteiger partial charge on any atom is 0.0440 e. The fraction of sp³-hybridized carbons (Fsp3) is 0. The molecule has 1 heteroatoms. The largest absolute Gasteiger partial charge is 0.134 e. The smallest absolute Gasteiger partial charge is 0.0440 e. The highest BCUT2D eigenvalue weighted by Crippen LogP contribution is 2.47. The average molecular weight is 613 g/mol. The summed E-state index contributed by atoms with van der Waals surface area (Å²) in [5.41, 5.74) is 7.61. The van der Waals surface area contributed by atoms with Gasteiger partial charge in [-0.1, -0.05) is 146 Å². The molecule has 0 saturated carbocycles. The van der Waals surface area contributed by atoms with Gasteiger partial charge in [0.05, 0.1) is 0 Å². The Morgan fingerprint density at radius 2 is 0.830 bits per heavy atom. The summed E-state index contributed by atoms with van der Waals surface area (Å²) >= 11 is 1.92. The van der Waals surface area contributed by atoms with Gasteiger partial charge in [-0.2, -0.15) is 0 Å². The molecule has 218 valence electrons. The number of thiophene rings is 1. The minimum Gasteiger partial charge on any atom is -0.134 e. The minimum atomic E-state index is 1.24. The van der Waals surface area contributed by atoms with Crippen molar-refractivity contribution in [3.05, 3.63) is 170 Å². The summed E-state index contributed by atoms with van der Waals surface area (Å²) in [5, 5.41) is 13.0. The van der Waals surface area contributed by atoms with Gasteiger partial charge in [-0.15, -0.1) is 11.3 Å². The van der Waals surface area contributed by atoms with E-state index >= 15 is 0 Å². The lowest BCUT2D eigenvalue weighted by atomic mass is 9.85. The minimum absolute atomic E-state index is 1.24. The number of hydrogen-bond acceptors (Lipinski definition) is 1. The van der Waals surface area contributed by atoms with Crippen molar-refractivity contribution in [1.29, 1.82) is 0 Å². The van der Waals surface area contributed by atoms with Crippen molar-refractivity contribution in [2.24, 2.45) is 0 Å². The van der Waals surface area contributed by atoms with Crippen LogP contribution in [-0.4, -0.2) is 0 Å².